The van der Waals surface area contributed by atoms with Gasteiger partial charge < -0.3 is 9.88 Å². The number of carbonyl (C=O) groups is 3. The Morgan fingerprint density at radius 2 is 1.76 bits per heavy atom. The minimum absolute atomic E-state index is 0.128. The molecule has 7 heteroatoms. The maximum absolute atomic E-state index is 13.1. The van der Waals surface area contributed by atoms with Crippen LogP contribution in [-0.2, 0) is 22.6 Å². The van der Waals surface area contributed by atoms with Gasteiger partial charge in [-0.05, 0) is 66.9 Å². The van der Waals surface area contributed by atoms with Gasteiger partial charge in [0.15, 0.2) is 0 Å². The lowest BCUT2D eigenvalue weighted by Gasteiger charge is -2.12. The maximum Gasteiger partial charge on any atom is 0.293 e. The molecule has 3 aromatic carbocycles. The number of amides is 3. The Bertz CT molecular complexity index is 1510. The zero-order valence-corrected chi connectivity index (χ0v) is 21.3. The third-order valence-corrected chi connectivity index (χ3v) is 7.19. The van der Waals surface area contributed by atoms with Crippen LogP contribution in [0.1, 0.15) is 23.1 Å². The highest BCUT2D eigenvalue weighted by Gasteiger charge is 2.34. The predicted octanol–water partition coefficient (Wildman–Crippen LogP) is 6.26. The van der Waals surface area contributed by atoms with Gasteiger partial charge in [0.25, 0.3) is 11.1 Å². The minimum atomic E-state index is -0.267. The van der Waals surface area contributed by atoms with Gasteiger partial charge >= 0.3 is 0 Å². The highest BCUT2D eigenvalue weighted by Crippen LogP contribution is 2.34. The number of carbonyl (C=O) groups excluding carboxylic acids is 3. The van der Waals surface area contributed by atoms with E-state index in [1.165, 1.54) is 10.5 Å². The fraction of sp³-hybridized carbons (Fsp3) is 0.167. The first kappa shape index (κ1) is 24.6. The maximum atomic E-state index is 13.1. The van der Waals surface area contributed by atoms with E-state index in [1.54, 1.807) is 6.08 Å². The Balaban J connectivity index is 1.32. The second-order valence-corrected chi connectivity index (χ2v) is 10.1. The summed E-state index contributed by atoms with van der Waals surface area (Å²) < 4.78 is 1.87. The smallest absolute Gasteiger partial charge is 0.293 e. The molecule has 37 heavy (non-hydrogen) atoms. The molecular formula is C30H27N3O3S. The number of anilines is 1. The van der Waals surface area contributed by atoms with Crippen molar-refractivity contribution in [3.05, 3.63) is 107 Å². The highest BCUT2D eigenvalue weighted by molar-refractivity contribution is 8.18. The Hall–Kier alpha value is -4.10. The van der Waals surface area contributed by atoms with Crippen LogP contribution < -0.4 is 5.32 Å². The molecule has 1 aliphatic rings. The van der Waals surface area contributed by atoms with E-state index < -0.39 is 0 Å². The third kappa shape index (κ3) is 5.67. The summed E-state index contributed by atoms with van der Waals surface area (Å²) in [4.78, 5) is 40.2. The predicted molar refractivity (Wildman–Crippen MR) is 149 cm³/mol. The molecule has 0 atom stereocenters. The van der Waals surface area contributed by atoms with Gasteiger partial charge in [0.2, 0.25) is 5.91 Å². The van der Waals surface area contributed by atoms with E-state index in [1.807, 2.05) is 96.6 Å². The zero-order valence-electron chi connectivity index (χ0n) is 20.5. The van der Waals surface area contributed by atoms with Gasteiger partial charge in [0.1, 0.15) is 6.54 Å². The summed E-state index contributed by atoms with van der Waals surface area (Å²) in [6.07, 6.45) is 5.15. The fourth-order valence-electron chi connectivity index (χ4n) is 4.52. The number of aryl methyl sites for hydroxylation is 2. The quantitative estimate of drug-likeness (QED) is 0.285. The number of hydrogen-bond donors (Lipinski definition) is 1. The average molecular weight is 510 g/mol. The molecule has 186 valence electrons. The highest BCUT2D eigenvalue weighted by atomic mass is 32.2. The number of benzene rings is 3. The van der Waals surface area contributed by atoms with Crippen molar-refractivity contribution in [2.75, 3.05) is 11.9 Å². The molecule has 3 amide bonds. The lowest BCUT2D eigenvalue weighted by atomic mass is 10.1. The number of thioether (sulfide) groups is 1. The van der Waals surface area contributed by atoms with Crippen molar-refractivity contribution >= 4 is 51.5 Å². The lowest BCUT2D eigenvalue weighted by molar-refractivity contribution is -0.122. The third-order valence-electron chi connectivity index (χ3n) is 6.29. The molecule has 0 radical (unpaired) electrons. The molecule has 1 saturated heterocycles. The Morgan fingerprint density at radius 1 is 0.973 bits per heavy atom. The van der Waals surface area contributed by atoms with Crippen molar-refractivity contribution in [2.45, 2.75) is 26.3 Å². The summed E-state index contributed by atoms with van der Waals surface area (Å²) in [5, 5.41) is 3.62. The first-order valence-corrected chi connectivity index (χ1v) is 13.0. The number of hydrogen-bond acceptors (Lipinski definition) is 4. The molecule has 1 N–H and O–H groups in total. The van der Waals surface area contributed by atoms with Crippen LogP contribution in [0.4, 0.5) is 10.5 Å². The Kier molecular flexibility index (Phi) is 7.23. The van der Waals surface area contributed by atoms with E-state index in [0.717, 1.165) is 45.9 Å². The van der Waals surface area contributed by atoms with Crippen molar-refractivity contribution in [1.29, 1.82) is 0 Å². The topological polar surface area (TPSA) is 71.4 Å². The van der Waals surface area contributed by atoms with Crippen LogP contribution in [0.25, 0.3) is 17.0 Å². The number of para-hydroxylation sites is 1. The molecule has 4 aromatic rings. The van der Waals surface area contributed by atoms with E-state index in [-0.39, 0.29) is 23.6 Å². The van der Waals surface area contributed by atoms with Crippen molar-refractivity contribution in [3.8, 4) is 0 Å². The zero-order chi connectivity index (χ0) is 25.8. The second kappa shape index (κ2) is 10.9. The van der Waals surface area contributed by atoms with Crippen molar-refractivity contribution < 1.29 is 14.4 Å². The molecule has 6 nitrogen and oxygen atoms in total. The standard InChI is InChI=1S/C30H27N3O3S/c1-21-9-7-13-24(17-21)31-28(34)20-32-19-23(25-14-5-6-15-26(25)32)18-27-29(35)33(30(36)37-27)16-8-12-22-10-3-2-4-11-22/h2-7,9-11,13-15,17-19H,8,12,16,20H2,1H3,(H,31,34)/b27-18+. The lowest BCUT2D eigenvalue weighted by Crippen LogP contribution is -2.29. The van der Waals surface area contributed by atoms with Gasteiger partial charge in [0.05, 0.1) is 4.91 Å². The van der Waals surface area contributed by atoms with Gasteiger partial charge in [-0.1, -0.05) is 60.7 Å². The summed E-state index contributed by atoms with van der Waals surface area (Å²) in [6, 6.07) is 25.5. The van der Waals surface area contributed by atoms with Gasteiger partial charge in [0, 0.05) is 34.9 Å². The average Bonchev–Trinajstić information content (AvgIpc) is 3.36. The van der Waals surface area contributed by atoms with Crippen LogP contribution >= 0.6 is 11.8 Å². The van der Waals surface area contributed by atoms with E-state index in [4.69, 9.17) is 0 Å². The number of fused-ring (bicyclic) bond motifs is 1. The molecule has 0 saturated carbocycles. The number of imide groups is 1. The van der Waals surface area contributed by atoms with Crippen molar-refractivity contribution in [1.82, 2.24) is 9.47 Å². The van der Waals surface area contributed by atoms with Crippen LogP contribution in [0.2, 0.25) is 0 Å². The fourth-order valence-corrected chi connectivity index (χ4v) is 5.37. The van der Waals surface area contributed by atoms with Gasteiger partial charge in [-0.25, -0.2) is 0 Å². The normalized spacial score (nSPS) is 14.6. The van der Waals surface area contributed by atoms with Crippen molar-refractivity contribution in [2.24, 2.45) is 0 Å². The summed E-state index contributed by atoms with van der Waals surface area (Å²) in [5.41, 5.74) is 4.69. The number of nitrogens with one attached hydrogen (secondary N) is 1. The number of rotatable bonds is 8. The van der Waals surface area contributed by atoms with E-state index in [9.17, 15) is 14.4 Å². The van der Waals surface area contributed by atoms with Gasteiger partial charge in [-0.15, -0.1) is 0 Å². The molecule has 1 aromatic heterocycles. The molecule has 2 heterocycles. The Morgan fingerprint density at radius 3 is 2.57 bits per heavy atom. The van der Waals surface area contributed by atoms with Gasteiger partial charge in [-0.3, -0.25) is 19.3 Å². The monoisotopic (exact) mass is 509 g/mol. The minimum Gasteiger partial charge on any atom is -0.337 e. The van der Waals surface area contributed by atoms with Crippen LogP contribution in [0, 0.1) is 6.92 Å². The molecule has 0 aliphatic carbocycles. The summed E-state index contributed by atoms with van der Waals surface area (Å²) in [6.45, 7) is 2.49. The first-order chi connectivity index (χ1) is 18.0. The molecular weight excluding hydrogens is 482 g/mol. The number of nitrogens with zero attached hydrogens (tertiary/aromatic N) is 2. The summed E-state index contributed by atoms with van der Waals surface area (Å²) in [7, 11) is 0. The van der Waals surface area contributed by atoms with E-state index >= 15 is 0 Å². The molecule has 1 fully saturated rings. The van der Waals surface area contributed by atoms with E-state index in [0.29, 0.717) is 17.9 Å². The van der Waals surface area contributed by atoms with Crippen LogP contribution in [0.5, 0.6) is 0 Å². The van der Waals surface area contributed by atoms with E-state index in [2.05, 4.69) is 5.32 Å². The SMILES string of the molecule is Cc1cccc(NC(=O)Cn2cc(/C=C3/SC(=O)N(CCCc4ccccc4)C3=O)c3ccccc32)c1. The van der Waals surface area contributed by atoms with Crippen LogP contribution in [0.15, 0.2) is 90.0 Å². The molecule has 1 aliphatic heterocycles. The first-order valence-electron chi connectivity index (χ1n) is 12.2. The molecule has 0 bridgehead atoms. The second-order valence-electron chi connectivity index (χ2n) is 9.07. The van der Waals surface area contributed by atoms with Crippen LogP contribution in [0.3, 0.4) is 0 Å². The molecule has 0 unspecified atom stereocenters. The summed E-state index contributed by atoms with van der Waals surface area (Å²) >= 11 is 0.968. The van der Waals surface area contributed by atoms with Crippen molar-refractivity contribution in [3.63, 3.8) is 0 Å². The molecule has 0 spiro atoms. The number of aromatic nitrogens is 1. The Labute approximate surface area is 220 Å². The summed E-state index contributed by atoms with van der Waals surface area (Å²) in [5.74, 6) is -0.409. The van der Waals surface area contributed by atoms with Crippen LogP contribution in [-0.4, -0.2) is 33.1 Å². The molecule has 5 rings (SSSR count). The van der Waals surface area contributed by atoms with Gasteiger partial charge in [-0.2, -0.15) is 0 Å². The largest absolute Gasteiger partial charge is 0.337 e.